The Morgan fingerprint density at radius 3 is 2.04 bits per heavy atom. The number of nitrogens with zero attached hydrogens (tertiary/aromatic N) is 2. The first-order valence-electron chi connectivity index (χ1n) is 8.33. The number of nitrogens with one attached hydrogen (secondary N) is 3. The zero-order chi connectivity index (χ0) is 16.9. The second-order valence-electron chi connectivity index (χ2n) is 5.63. The fourth-order valence-corrected chi connectivity index (χ4v) is 2.37. The molecule has 0 aromatic rings. The van der Waals surface area contributed by atoms with E-state index in [2.05, 4.69) is 20.9 Å². The van der Waals surface area contributed by atoms with E-state index < -0.39 is 6.04 Å². The van der Waals surface area contributed by atoms with Crippen LogP contribution in [0.3, 0.4) is 0 Å². The largest absolute Gasteiger partial charge is 0.370 e. The molecule has 0 unspecified atom stereocenters. The molecule has 0 saturated carbocycles. The number of aliphatic imine (C=N–C) groups is 1. The number of amides is 1. The summed E-state index contributed by atoms with van der Waals surface area (Å²) >= 11 is 0. The smallest absolute Gasteiger partial charge is 0.239 e. The minimum absolute atomic E-state index is 0.00603. The Bertz CT molecular complexity index is 347. The summed E-state index contributed by atoms with van der Waals surface area (Å²) in [5.41, 5.74) is 16.6. The normalized spacial score (nSPS) is 19.3. The van der Waals surface area contributed by atoms with E-state index in [1.165, 1.54) is 0 Å². The molecule has 1 atom stereocenters. The molecule has 9 heteroatoms. The Balaban J connectivity index is 2.39. The number of nitrogens with two attached hydrogens (primary N) is 3. The van der Waals surface area contributed by atoms with Gasteiger partial charge in [0.05, 0.1) is 6.04 Å². The molecule has 0 bridgehead atoms. The zero-order valence-electron chi connectivity index (χ0n) is 13.9. The SMILES string of the molecule is NC(N)=NCCC[C@H](N)C(=O)N1CCNCCNCCNCC1. The highest BCUT2D eigenvalue weighted by atomic mass is 16.2. The van der Waals surface area contributed by atoms with Crippen LogP contribution in [0.5, 0.6) is 0 Å². The maximum Gasteiger partial charge on any atom is 0.239 e. The van der Waals surface area contributed by atoms with Crippen LogP contribution >= 0.6 is 0 Å². The third-order valence-corrected chi connectivity index (χ3v) is 3.67. The third-order valence-electron chi connectivity index (χ3n) is 3.67. The second-order valence-corrected chi connectivity index (χ2v) is 5.63. The third kappa shape index (κ3) is 9.34. The van der Waals surface area contributed by atoms with Crippen molar-refractivity contribution < 1.29 is 4.79 Å². The van der Waals surface area contributed by atoms with Gasteiger partial charge in [0.25, 0.3) is 0 Å². The van der Waals surface area contributed by atoms with Gasteiger partial charge in [-0.1, -0.05) is 0 Å². The highest BCUT2D eigenvalue weighted by molar-refractivity contribution is 5.81. The van der Waals surface area contributed by atoms with Crippen LogP contribution in [-0.2, 0) is 4.79 Å². The van der Waals surface area contributed by atoms with Crippen molar-refractivity contribution in [2.45, 2.75) is 18.9 Å². The molecule has 0 spiro atoms. The summed E-state index contributed by atoms with van der Waals surface area (Å²) in [7, 11) is 0. The lowest BCUT2D eigenvalue weighted by Crippen LogP contribution is -2.49. The molecule has 1 amide bonds. The van der Waals surface area contributed by atoms with Gasteiger partial charge < -0.3 is 38.1 Å². The standard InChI is InChI=1S/C14H32N8O/c15-12(2-1-3-21-14(16)17)13(23)22-10-8-19-6-4-18-5-7-20-9-11-22/h12,18-20H,1-11,15H2,(H4,16,17,21)/t12-/m0/s1. The zero-order valence-corrected chi connectivity index (χ0v) is 13.9. The molecule has 1 heterocycles. The van der Waals surface area contributed by atoms with Crippen LogP contribution in [-0.4, -0.2) is 81.7 Å². The molecule has 1 saturated heterocycles. The fraction of sp³-hybridized carbons (Fsp3) is 0.857. The summed E-state index contributed by atoms with van der Waals surface area (Å²) in [6.45, 7) is 7.03. The van der Waals surface area contributed by atoms with Crippen LogP contribution in [0.1, 0.15) is 12.8 Å². The fourth-order valence-electron chi connectivity index (χ4n) is 2.37. The summed E-state index contributed by atoms with van der Waals surface area (Å²) in [5.74, 6) is 0.0630. The Hall–Kier alpha value is -1.42. The quantitative estimate of drug-likeness (QED) is 0.179. The first-order valence-corrected chi connectivity index (χ1v) is 8.33. The molecule has 1 fully saturated rings. The molecule has 0 aromatic heterocycles. The number of hydrogen-bond donors (Lipinski definition) is 6. The number of hydrogen-bond acceptors (Lipinski definition) is 6. The van der Waals surface area contributed by atoms with Gasteiger partial charge in [-0.3, -0.25) is 9.79 Å². The summed E-state index contributed by atoms with van der Waals surface area (Å²) in [6.07, 6.45) is 1.28. The average molecular weight is 328 g/mol. The number of carbonyl (C=O) groups excluding carboxylic acids is 1. The van der Waals surface area contributed by atoms with Gasteiger partial charge in [-0.2, -0.15) is 0 Å². The van der Waals surface area contributed by atoms with Crippen molar-refractivity contribution in [3.05, 3.63) is 0 Å². The lowest BCUT2D eigenvalue weighted by atomic mass is 10.1. The van der Waals surface area contributed by atoms with Crippen molar-refractivity contribution >= 4 is 11.9 Å². The monoisotopic (exact) mass is 328 g/mol. The van der Waals surface area contributed by atoms with Crippen molar-refractivity contribution in [2.24, 2.45) is 22.2 Å². The van der Waals surface area contributed by atoms with Crippen molar-refractivity contribution in [2.75, 3.05) is 58.9 Å². The average Bonchev–Trinajstić information content (AvgIpc) is 2.51. The molecule has 23 heavy (non-hydrogen) atoms. The van der Waals surface area contributed by atoms with Crippen LogP contribution in [0, 0.1) is 0 Å². The molecular formula is C14H32N8O. The Morgan fingerprint density at radius 2 is 1.52 bits per heavy atom. The summed E-state index contributed by atoms with van der Waals surface area (Å²) < 4.78 is 0. The number of guanidine groups is 1. The van der Waals surface area contributed by atoms with E-state index in [1.807, 2.05) is 4.90 Å². The molecule has 0 aromatic carbocycles. The van der Waals surface area contributed by atoms with Gasteiger partial charge in [0, 0.05) is 58.9 Å². The van der Waals surface area contributed by atoms with E-state index in [9.17, 15) is 4.79 Å². The van der Waals surface area contributed by atoms with E-state index in [1.54, 1.807) is 0 Å². The number of rotatable bonds is 5. The van der Waals surface area contributed by atoms with Gasteiger partial charge in [-0.15, -0.1) is 0 Å². The molecule has 9 N–H and O–H groups in total. The molecule has 0 aliphatic carbocycles. The second kappa shape index (κ2) is 12.1. The van der Waals surface area contributed by atoms with Crippen LogP contribution in [0.2, 0.25) is 0 Å². The van der Waals surface area contributed by atoms with Crippen LogP contribution in [0.4, 0.5) is 0 Å². The minimum atomic E-state index is -0.501. The predicted molar refractivity (Wildman–Crippen MR) is 93.1 cm³/mol. The van der Waals surface area contributed by atoms with Crippen molar-refractivity contribution in [3.63, 3.8) is 0 Å². The molecule has 0 radical (unpaired) electrons. The van der Waals surface area contributed by atoms with E-state index in [0.717, 1.165) is 39.3 Å². The predicted octanol–water partition coefficient (Wildman–Crippen LogP) is -3.02. The van der Waals surface area contributed by atoms with Crippen LogP contribution in [0.15, 0.2) is 4.99 Å². The Morgan fingerprint density at radius 1 is 1.00 bits per heavy atom. The van der Waals surface area contributed by atoms with E-state index in [4.69, 9.17) is 17.2 Å². The molecule has 9 nitrogen and oxygen atoms in total. The maximum atomic E-state index is 12.5. The molecule has 1 aliphatic rings. The minimum Gasteiger partial charge on any atom is -0.370 e. The summed E-state index contributed by atoms with van der Waals surface area (Å²) in [5, 5.41) is 10.00. The molecule has 134 valence electrons. The van der Waals surface area contributed by atoms with Crippen LogP contribution < -0.4 is 33.2 Å². The van der Waals surface area contributed by atoms with Gasteiger partial charge in [0.2, 0.25) is 5.91 Å². The van der Waals surface area contributed by atoms with E-state index >= 15 is 0 Å². The lowest BCUT2D eigenvalue weighted by Gasteiger charge is -2.26. The van der Waals surface area contributed by atoms with Gasteiger partial charge in [-0.05, 0) is 12.8 Å². The first-order chi connectivity index (χ1) is 11.1. The topological polar surface area (TPSA) is 147 Å². The van der Waals surface area contributed by atoms with Crippen molar-refractivity contribution in [3.8, 4) is 0 Å². The maximum absolute atomic E-state index is 12.5. The highest BCUT2D eigenvalue weighted by Crippen LogP contribution is 2.01. The number of carbonyl (C=O) groups is 1. The highest BCUT2D eigenvalue weighted by Gasteiger charge is 2.20. The Labute approximate surface area is 138 Å². The van der Waals surface area contributed by atoms with Gasteiger partial charge in [-0.25, -0.2) is 0 Å². The molecular weight excluding hydrogens is 296 g/mol. The van der Waals surface area contributed by atoms with E-state index in [0.29, 0.717) is 32.5 Å². The van der Waals surface area contributed by atoms with Crippen molar-refractivity contribution in [1.29, 1.82) is 0 Å². The molecule has 1 aliphatic heterocycles. The van der Waals surface area contributed by atoms with Gasteiger partial charge in [0.15, 0.2) is 5.96 Å². The summed E-state index contributed by atoms with van der Waals surface area (Å²) in [4.78, 5) is 18.2. The first kappa shape index (κ1) is 19.6. The van der Waals surface area contributed by atoms with E-state index in [-0.39, 0.29) is 11.9 Å². The Kier molecular flexibility index (Phi) is 10.3. The summed E-state index contributed by atoms with van der Waals surface area (Å²) in [6, 6.07) is -0.501. The van der Waals surface area contributed by atoms with Gasteiger partial charge in [0.1, 0.15) is 0 Å². The molecule has 1 rings (SSSR count). The van der Waals surface area contributed by atoms with Crippen molar-refractivity contribution in [1.82, 2.24) is 20.9 Å². The van der Waals surface area contributed by atoms with Gasteiger partial charge >= 0.3 is 0 Å². The lowest BCUT2D eigenvalue weighted by molar-refractivity contribution is -0.132. The van der Waals surface area contributed by atoms with Crippen LogP contribution in [0.25, 0.3) is 0 Å².